The van der Waals surface area contributed by atoms with E-state index in [0.29, 0.717) is 31.1 Å². The fraction of sp³-hybridized carbons (Fsp3) is 0.350. The van der Waals surface area contributed by atoms with E-state index in [1.165, 1.54) is 0 Å². The fourth-order valence-corrected chi connectivity index (χ4v) is 5.03. The minimum absolute atomic E-state index is 0.0000424. The summed E-state index contributed by atoms with van der Waals surface area (Å²) >= 11 is 0. The van der Waals surface area contributed by atoms with Crippen LogP contribution in [0.3, 0.4) is 0 Å². The molecule has 27 heavy (non-hydrogen) atoms. The molecule has 1 fully saturated rings. The second kappa shape index (κ2) is 8.65. The third-order valence-electron chi connectivity index (χ3n) is 4.87. The second-order valence-corrected chi connectivity index (χ2v) is 8.76. The van der Waals surface area contributed by atoms with Crippen LogP contribution in [-0.4, -0.2) is 67.8 Å². The van der Waals surface area contributed by atoms with E-state index in [4.69, 9.17) is 5.11 Å². The van der Waals surface area contributed by atoms with Gasteiger partial charge in [0.15, 0.2) is 9.84 Å². The Hall–Kier alpha value is -2.22. The van der Waals surface area contributed by atoms with Gasteiger partial charge in [0.05, 0.1) is 17.2 Å². The standard InChI is InChI=1S/C20H24N2O4S/c23-20(24)15-21-11-13-22(14-12-21)19(17-7-3-1-4-8-17)16-27(25,26)18-9-5-2-6-10-18/h1-10,19H,11-16H2,(H,23,24). The molecule has 0 saturated carbocycles. The van der Waals surface area contributed by atoms with E-state index >= 15 is 0 Å². The number of nitrogens with zero attached hydrogens (tertiary/aromatic N) is 2. The number of carboxylic acids is 1. The number of carboxylic acid groups (broad SMARTS) is 1. The minimum atomic E-state index is -3.44. The molecule has 1 aliphatic rings. The smallest absolute Gasteiger partial charge is 0.317 e. The summed E-state index contributed by atoms with van der Waals surface area (Å²) in [6.07, 6.45) is 0. The summed E-state index contributed by atoms with van der Waals surface area (Å²) in [6, 6.07) is 17.9. The summed E-state index contributed by atoms with van der Waals surface area (Å²) in [5.41, 5.74) is 0.962. The van der Waals surface area contributed by atoms with Crippen molar-refractivity contribution in [2.45, 2.75) is 10.9 Å². The van der Waals surface area contributed by atoms with E-state index in [9.17, 15) is 13.2 Å². The zero-order valence-corrected chi connectivity index (χ0v) is 15.9. The van der Waals surface area contributed by atoms with E-state index in [0.717, 1.165) is 5.56 Å². The lowest BCUT2D eigenvalue weighted by atomic mass is 10.1. The van der Waals surface area contributed by atoms with Crippen molar-refractivity contribution < 1.29 is 18.3 Å². The van der Waals surface area contributed by atoms with E-state index in [1.807, 2.05) is 35.2 Å². The Labute approximate surface area is 160 Å². The molecule has 1 atom stereocenters. The summed E-state index contributed by atoms with van der Waals surface area (Å²) in [4.78, 5) is 15.3. The van der Waals surface area contributed by atoms with Gasteiger partial charge in [0.2, 0.25) is 0 Å². The lowest BCUT2D eigenvalue weighted by Crippen LogP contribution is -2.50. The van der Waals surface area contributed by atoms with Crippen molar-refractivity contribution in [3.05, 3.63) is 66.2 Å². The van der Waals surface area contributed by atoms with Gasteiger partial charge in [-0.1, -0.05) is 48.5 Å². The largest absolute Gasteiger partial charge is 0.480 e. The number of sulfone groups is 1. The van der Waals surface area contributed by atoms with E-state index < -0.39 is 15.8 Å². The topological polar surface area (TPSA) is 77.9 Å². The number of hydrogen-bond donors (Lipinski definition) is 1. The average Bonchev–Trinajstić information content (AvgIpc) is 2.68. The van der Waals surface area contributed by atoms with Crippen LogP contribution in [0.1, 0.15) is 11.6 Å². The number of piperazine rings is 1. The molecule has 144 valence electrons. The first-order valence-electron chi connectivity index (χ1n) is 8.97. The maximum atomic E-state index is 13.0. The van der Waals surface area contributed by atoms with E-state index in [-0.39, 0.29) is 18.3 Å². The molecule has 0 aliphatic carbocycles. The predicted molar refractivity (Wildman–Crippen MR) is 103 cm³/mol. The molecule has 0 bridgehead atoms. The van der Waals surface area contributed by atoms with Crippen LogP contribution in [0.15, 0.2) is 65.6 Å². The number of benzene rings is 2. The SMILES string of the molecule is O=C(O)CN1CCN(C(CS(=O)(=O)c2ccccc2)c2ccccc2)CC1. The molecule has 3 rings (SSSR count). The third-order valence-corrected chi connectivity index (χ3v) is 6.62. The number of rotatable bonds is 7. The molecule has 2 aromatic carbocycles. The molecular weight excluding hydrogens is 364 g/mol. The lowest BCUT2D eigenvalue weighted by molar-refractivity contribution is -0.138. The van der Waals surface area contributed by atoms with Crippen molar-refractivity contribution in [2.75, 3.05) is 38.5 Å². The molecule has 1 aliphatic heterocycles. The van der Waals surface area contributed by atoms with Crippen LogP contribution in [-0.2, 0) is 14.6 Å². The Morgan fingerprint density at radius 3 is 2.04 bits per heavy atom. The lowest BCUT2D eigenvalue weighted by Gasteiger charge is -2.39. The first-order chi connectivity index (χ1) is 13.0. The van der Waals surface area contributed by atoms with Gasteiger partial charge in [-0.05, 0) is 17.7 Å². The van der Waals surface area contributed by atoms with Crippen molar-refractivity contribution >= 4 is 15.8 Å². The van der Waals surface area contributed by atoms with Crippen LogP contribution < -0.4 is 0 Å². The quantitative estimate of drug-likeness (QED) is 0.781. The summed E-state index contributed by atoms with van der Waals surface area (Å²) in [7, 11) is -3.44. The molecule has 0 aromatic heterocycles. The van der Waals surface area contributed by atoms with Crippen LogP contribution in [0.4, 0.5) is 0 Å². The van der Waals surface area contributed by atoms with Crippen molar-refractivity contribution in [1.82, 2.24) is 9.80 Å². The molecule has 1 saturated heterocycles. The molecule has 7 heteroatoms. The van der Waals surface area contributed by atoms with Crippen molar-refractivity contribution in [3.63, 3.8) is 0 Å². The minimum Gasteiger partial charge on any atom is -0.480 e. The summed E-state index contributed by atoms with van der Waals surface area (Å²) < 4.78 is 25.9. The second-order valence-electron chi connectivity index (χ2n) is 6.73. The van der Waals surface area contributed by atoms with Gasteiger partial charge in [-0.2, -0.15) is 0 Å². The average molecular weight is 388 g/mol. The first kappa shape index (κ1) is 19.5. The van der Waals surface area contributed by atoms with Crippen LogP contribution in [0.25, 0.3) is 0 Å². The van der Waals surface area contributed by atoms with Gasteiger partial charge in [-0.15, -0.1) is 0 Å². The normalized spacial score (nSPS) is 17.5. The van der Waals surface area contributed by atoms with E-state index in [2.05, 4.69) is 4.90 Å². The van der Waals surface area contributed by atoms with Crippen molar-refractivity contribution in [3.8, 4) is 0 Å². The Morgan fingerprint density at radius 1 is 0.926 bits per heavy atom. The molecule has 0 amide bonds. The zero-order chi connectivity index (χ0) is 19.3. The van der Waals surface area contributed by atoms with Gasteiger partial charge < -0.3 is 5.11 Å². The van der Waals surface area contributed by atoms with Gasteiger partial charge in [0.25, 0.3) is 0 Å². The molecule has 2 aromatic rings. The summed E-state index contributed by atoms with van der Waals surface area (Å²) in [6.45, 7) is 2.52. The molecule has 1 unspecified atom stereocenters. The van der Waals surface area contributed by atoms with Crippen molar-refractivity contribution in [2.24, 2.45) is 0 Å². The molecule has 6 nitrogen and oxygen atoms in total. The van der Waals surface area contributed by atoms with Gasteiger partial charge in [0.1, 0.15) is 0 Å². The highest BCUT2D eigenvalue weighted by atomic mass is 32.2. The summed E-state index contributed by atoms with van der Waals surface area (Å²) in [5, 5.41) is 8.96. The molecule has 0 spiro atoms. The third kappa shape index (κ3) is 5.15. The Balaban J connectivity index is 1.80. The highest BCUT2D eigenvalue weighted by Crippen LogP contribution is 2.26. The Morgan fingerprint density at radius 2 is 1.48 bits per heavy atom. The van der Waals surface area contributed by atoms with Crippen LogP contribution in [0, 0.1) is 0 Å². The maximum Gasteiger partial charge on any atom is 0.317 e. The van der Waals surface area contributed by atoms with Crippen LogP contribution in [0.5, 0.6) is 0 Å². The predicted octanol–water partition coefficient (Wildman–Crippen LogP) is 1.90. The van der Waals surface area contributed by atoms with Crippen LogP contribution in [0.2, 0.25) is 0 Å². The van der Waals surface area contributed by atoms with Gasteiger partial charge >= 0.3 is 5.97 Å². The van der Waals surface area contributed by atoms with Gasteiger partial charge in [0, 0.05) is 32.2 Å². The molecule has 1 N–H and O–H groups in total. The number of hydrogen-bond acceptors (Lipinski definition) is 5. The van der Waals surface area contributed by atoms with Crippen LogP contribution >= 0.6 is 0 Å². The maximum absolute atomic E-state index is 13.0. The molecular formula is C20H24N2O4S. The molecule has 0 radical (unpaired) electrons. The highest BCUT2D eigenvalue weighted by Gasteiger charge is 2.30. The fourth-order valence-electron chi connectivity index (χ4n) is 3.44. The zero-order valence-electron chi connectivity index (χ0n) is 15.1. The summed E-state index contributed by atoms with van der Waals surface area (Å²) in [5.74, 6) is -0.838. The number of carbonyl (C=O) groups is 1. The Bertz CT molecular complexity index is 848. The van der Waals surface area contributed by atoms with E-state index in [1.54, 1.807) is 30.3 Å². The van der Waals surface area contributed by atoms with Gasteiger partial charge in [-0.3, -0.25) is 14.6 Å². The highest BCUT2D eigenvalue weighted by molar-refractivity contribution is 7.91. The Kier molecular flexibility index (Phi) is 6.26. The van der Waals surface area contributed by atoms with Gasteiger partial charge in [-0.25, -0.2) is 8.42 Å². The van der Waals surface area contributed by atoms with Crippen molar-refractivity contribution in [1.29, 1.82) is 0 Å². The first-order valence-corrected chi connectivity index (χ1v) is 10.6. The molecule has 1 heterocycles. The number of aliphatic carboxylic acids is 1. The monoisotopic (exact) mass is 388 g/mol.